The van der Waals surface area contributed by atoms with Crippen molar-refractivity contribution in [1.82, 2.24) is 4.90 Å². The fraction of sp³-hybridized carbons (Fsp3) is 0.500. The largest absolute Gasteiger partial charge is 0.492 e. The topological polar surface area (TPSA) is 49.8 Å². The van der Waals surface area contributed by atoms with Crippen molar-refractivity contribution in [3.63, 3.8) is 0 Å². The van der Waals surface area contributed by atoms with Crippen molar-refractivity contribution in [3.8, 4) is 5.75 Å². The summed E-state index contributed by atoms with van der Waals surface area (Å²) < 4.78 is 6.21. The minimum atomic E-state index is -0.719. The summed E-state index contributed by atoms with van der Waals surface area (Å²) in [5.41, 5.74) is 5.43. The van der Waals surface area contributed by atoms with Crippen LogP contribution in [0.2, 0.25) is 5.02 Å². The lowest BCUT2D eigenvalue weighted by molar-refractivity contribution is -0.137. The SMILES string of the molecule is CCc1ccc(Cl)c(C2CC2c2ccc3c(c2)OCC32CCN(CCC(=O)O)CC2)c1.Cl. The third-order valence-corrected chi connectivity index (χ3v) is 7.97. The summed E-state index contributed by atoms with van der Waals surface area (Å²) in [6.07, 6.45) is 4.46. The van der Waals surface area contributed by atoms with E-state index in [-0.39, 0.29) is 24.2 Å². The van der Waals surface area contributed by atoms with E-state index in [1.54, 1.807) is 0 Å². The summed E-state index contributed by atoms with van der Waals surface area (Å²) in [4.78, 5) is 13.1. The van der Waals surface area contributed by atoms with E-state index in [2.05, 4.69) is 42.2 Å². The zero-order chi connectivity index (χ0) is 21.6. The Morgan fingerprint density at radius 3 is 2.69 bits per heavy atom. The first-order valence-electron chi connectivity index (χ1n) is 11.5. The number of rotatable bonds is 6. The summed E-state index contributed by atoms with van der Waals surface area (Å²) in [6.45, 7) is 5.45. The van der Waals surface area contributed by atoms with Gasteiger partial charge in [0.05, 0.1) is 13.0 Å². The maximum absolute atomic E-state index is 10.9. The van der Waals surface area contributed by atoms with Crippen molar-refractivity contribution in [2.75, 3.05) is 26.2 Å². The van der Waals surface area contributed by atoms with Gasteiger partial charge in [-0.15, -0.1) is 12.4 Å². The molecule has 0 bridgehead atoms. The molecule has 2 fully saturated rings. The number of ether oxygens (including phenoxy) is 1. The number of fused-ring (bicyclic) bond motifs is 2. The van der Waals surface area contributed by atoms with Gasteiger partial charge in [-0.05, 0) is 79.4 Å². The van der Waals surface area contributed by atoms with E-state index >= 15 is 0 Å². The van der Waals surface area contributed by atoms with Crippen molar-refractivity contribution < 1.29 is 14.6 Å². The van der Waals surface area contributed by atoms with Gasteiger partial charge in [-0.2, -0.15) is 0 Å². The average Bonchev–Trinajstić information content (AvgIpc) is 3.51. The molecule has 0 aromatic heterocycles. The lowest BCUT2D eigenvalue weighted by atomic mass is 9.74. The normalized spacial score (nSPS) is 23.3. The van der Waals surface area contributed by atoms with Crippen LogP contribution in [0, 0.1) is 0 Å². The van der Waals surface area contributed by atoms with Crippen LogP contribution in [0.4, 0.5) is 0 Å². The quantitative estimate of drug-likeness (QED) is 0.573. The average molecular weight is 476 g/mol. The molecule has 2 aromatic rings. The Hall–Kier alpha value is -1.75. The lowest BCUT2D eigenvalue weighted by Gasteiger charge is -2.38. The van der Waals surface area contributed by atoms with Crippen LogP contribution >= 0.6 is 24.0 Å². The van der Waals surface area contributed by atoms with Crippen LogP contribution in [-0.2, 0) is 16.6 Å². The molecule has 32 heavy (non-hydrogen) atoms. The highest BCUT2D eigenvalue weighted by atomic mass is 35.5. The molecule has 1 saturated carbocycles. The zero-order valence-electron chi connectivity index (χ0n) is 18.5. The van der Waals surface area contributed by atoms with Crippen LogP contribution in [0.5, 0.6) is 5.75 Å². The molecule has 1 spiro atoms. The fourth-order valence-electron chi connectivity index (χ4n) is 5.50. The van der Waals surface area contributed by atoms with Gasteiger partial charge < -0.3 is 14.7 Å². The van der Waals surface area contributed by atoms with E-state index in [0.717, 1.165) is 56.2 Å². The van der Waals surface area contributed by atoms with E-state index in [0.29, 0.717) is 18.4 Å². The van der Waals surface area contributed by atoms with Gasteiger partial charge in [0.1, 0.15) is 5.75 Å². The van der Waals surface area contributed by atoms with Crippen LogP contribution in [0.25, 0.3) is 0 Å². The molecule has 0 amide bonds. The number of benzene rings is 2. The summed E-state index contributed by atoms with van der Waals surface area (Å²) in [6, 6.07) is 13.3. The molecule has 1 saturated heterocycles. The van der Waals surface area contributed by atoms with E-state index in [1.165, 1.54) is 22.3 Å². The molecule has 2 heterocycles. The van der Waals surface area contributed by atoms with E-state index in [9.17, 15) is 4.79 Å². The Labute approximate surface area is 201 Å². The van der Waals surface area contributed by atoms with Gasteiger partial charge in [-0.3, -0.25) is 4.79 Å². The molecule has 4 nitrogen and oxygen atoms in total. The smallest absolute Gasteiger partial charge is 0.304 e. The minimum Gasteiger partial charge on any atom is -0.492 e. The molecule has 1 aliphatic carbocycles. The van der Waals surface area contributed by atoms with E-state index in [4.69, 9.17) is 21.4 Å². The molecule has 172 valence electrons. The molecule has 3 aliphatic rings. The third-order valence-electron chi connectivity index (χ3n) is 7.62. The highest BCUT2D eigenvalue weighted by molar-refractivity contribution is 6.31. The third kappa shape index (κ3) is 4.37. The van der Waals surface area contributed by atoms with Crippen molar-refractivity contribution in [2.45, 2.75) is 56.3 Å². The maximum Gasteiger partial charge on any atom is 0.304 e. The van der Waals surface area contributed by atoms with Gasteiger partial charge in [-0.1, -0.05) is 42.8 Å². The molecular formula is C26H31Cl2NO3. The van der Waals surface area contributed by atoms with Crippen LogP contribution in [0.3, 0.4) is 0 Å². The standard InChI is InChI=1S/C26H30ClNO3.ClH/c1-2-17-3-6-23(27)21(13-17)20-15-19(20)18-4-5-22-24(14-18)31-16-26(22)8-11-28(12-9-26)10-7-25(29)30;/h3-6,13-14,19-20H,2,7-12,15-16H2,1H3,(H,29,30);1H. The Morgan fingerprint density at radius 2 is 1.97 bits per heavy atom. The Morgan fingerprint density at radius 1 is 1.19 bits per heavy atom. The van der Waals surface area contributed by atoms with Gasteiger partial charge in [0.2, 0.25) is 0 Å². The van der Waals surface area contributed by atoms with Crippen molar-refractivity contribution in [3.05, 3.63) is 63.7 Å². The predicted octanol–water partition coefficient (Wildman–Crippen LogP) is 5.80. The summed E-state index contributed by atoms with van der Waals surface area (Å²) in [5.74, 6) is 1.36. The first-order valence-corrected chi connectivity index (χ1v) is 11.9. The lowest BCUT2D eigenvalue weighted by Crippen LogP contribution is -2.44. The van der Waals surface area contributed by atoms with Gasteiger partial charge in [0.25, 0.3) is 0 Å². The van der Waals surface area contributed by atoms with Crippen molar-refractivity contribution in [1.29, 1.82) is 0 Å². The van der Waals surface area contributed by atoms with Crippen LogP contribution in [0.1, 0.15) is 66.7 Å². The highest BCUT2D eigenvalue weighted by Crippen LogP contribution is 2.57. The number of carbonyl (C=O) groups is 1. The molecule has 2 aliphatic heterocycles. The Balaban J connectivity index is 0.00000245. The fourth-order valence-corrected chi connectivity index (χ4v) is 5.75. The Bertz CT molecular complexity index is 1000. The second-order valence-corrected chi connectivity index (χ2v) is 9.88. The molecule has 2 atom stereocenters. The summed E-state index contributed by atoms with van der Waals surface area (Å²) in [5, 5.41) is 9.82. The number of aryl methyl sites for hydroxylation is 1. The number of piperidine rings is 1. The number of carboxylic acids is 1. The van der Waals surface area contributed by atoms with Gasteiger partial charge in [-0.25, -0.2) is 0 Å². The molecule has 0 radical (unpaired) electrons. The predicted molar refractivity (Wildman–Crippen MR) is 130 cm³/mol. The van der Waals surface area contributed by atoms with Gasteiger partial charge in [0, 0.05) is 22.5 Å². The van der Waals surface area contributed by atoms with Crippen LogP contribution in [0.15, 0.2) is 36.4 Å². The van der Waals surface area contributed by atoms with Crippen molar-refractivity contribution >= 4 is 30.0 Å². The first-order chi connectivity index (χ1) is 15.0. The number of nitrogens with zero attached hydrogens (tertiary/aromatic N) is 1. The summed E-state index contributed by atoms with van der Waals surface area (Å²) >= 11 is 6.52. The molecule has 2 unspecified atom stereocenters. The molecule has 6 heteroatoms. The number of hydrogen-bond donors (Lipinski definition) is 1. The van der Waals surface area contributed by atoms with E-state index in [1.807, 2.05) is 6.07 Å². The number of halogens is 2. The van der Waals surface area contributed by atoms with E-state index < -0.39 is 5.97 Å². The number of carboxylic acid groups (broad SMARTS) is 1. The van der Waals surface area contributed by atoms with Gasteiger partial charge >= 0.3 is 5.97 Å². The second-order valence-electron chi connectivity index (χ2n) is 9.47. The highest BCUT2D eigenvalue weighted by Gasteiger charge is 2.45. The molecule has 2 aromatic carbocycles. The second kappa shape index (κ2) is 9.24. The molecule has 1 N–H and O–H groups in total. The molecular weight excluding hydrogens is 445 g/mol. The van der Waals surface area contributed by atoms with Crippen LogP contribution < -0.4 is 4.74 Å². The number of aliphatic carboxylic acids is 1. The number of likely N-dealkylation sites (tertiary alicyclic amines) is 1. The maximum atomic E-state index is 10.9. The first kappa shape index (κ1) is 23.4. The minimum absolute atomic E-state index is 0. The zero-order valence-corrected chi connectivity index (χ0v) is 20.1. The van der Waals surface area contributed by atoms with Crippen LogP contribution in [-0.4, -0.2) is 42.2 Å². The molecule has 5 rings (SSSR count). The van der Waals surface area contributed by atoms with Crippen molar-refractivity contribution in [2.24, 2.45) is 0 Å². The number of hydrogen-bond acceptors (Lipinski definition) is 3. The van der Waals surface area contributed by atoms with Gasteiger partial charge in [0.15, 0.2) is 0 Å². The Kier molecular flexibility index (Phi) is 6.76. The summed E-state index contributed by atoms with van der Waals surface area (Å²) in [7, 11) is 0. The monoisotopic (exact) mass is 475 g/mol.